The van der Waals surface area contributed by atoms with Crippen molar-refractivity contribution in [3.63, 3.8) is 0 Å². The molecule has 0 aliphatic rings. The van der Waals surface area contributed by atoms with E-state index in [1.54, 1.807) is 0 Å². The van der Waals surface area contributed by atoms with E-state index >= 15 is 0 Å². The molecule has 3 rings (SSSR count). The van der Waals surface area contributed by atoms with Crippen molar-refractivity contribution < 1.29 is 5.11 Å². The number of aliphatic hydroxyl groups excluding tert-OH is 1. The summed E-state index contributed by atoms with van der Waals surface area (Å²) in [7, 11) is 0. The number of hydrogen-bond donors (Lipinski definition) is 2. The normalized spacial score (nSPS) is 11.3. The molecule has 2 aromatic heterocycles. The minimum absolute atomic E-state index is 0.0552. The molecule has 0 atom stereocenters. The third-order valence-electron chi connectivity index (χ3n) is 4.05. The van der Waals surface area contributed by atoms with Gasteiger partial charge in [0.2, 0.25) is 0 Å². The first-order valence-electron chi connectivity index (χ1n) is 7.32. The minimum atomic E-state index is -0.164. The molecule has 2 heterocycles. The molecular weight excluding hydrogens is 278 g/mol. The van der Waals surface area contributed by atoms with Gasteiger partial charge in [-0.15, -0.1) is 0 Å². The second-order valence-electron chi connectivity index (χ2n) is 5.54. The van der Waals surface area contributed by atoms with Crippen LogP contribution in [0, 0.1) is 20.8 Å². The lowest BCUT2D eigenvalue weighted by Crippen LogP contribution is -2.22. The molecule has 22 heavy (non-hydrogen) atoms. The van der Waals surface area contributed by atoms with Gasteiger partial charge in [-0.25, -0.2) is 0 Å². The number of fused-ring (bicyclic) bond motifs is 1. The Hall–Kier alpha value is -2.40. The summed E-state index contributed by atoms with van der Waals surface area (Å²) in [5, 5.41) is 13.5. The number of H-pyrrole nitrogens is 1. The van der Waals surface area contributed by atoms with Gasteiger partial charge in [-0.05, 0) is 31.9 Å². The second-order valence-corrected chi connectivity index (χ2v) is 5.54. The maximum absolute atomic E-state index is 12.6. The second kappa shape index (κ2) is 5.42. The van der Waals surface area contributed by atoms with Crippen molar-refractivity contribution in [3.8, 4) is 11.1 Å². The third-order valence-corrected chi connectivity index (χ3v) is 4.05. The molecule has 0 unspecified atom stereocenters. The number of nitrogens with one attached hydrogen (secondary N) is 1. The molecule has 0 radical (unpaired) electrons. The number of aliphatic hydroxyl groups is 1. The quantitative estimate of drug-likeness (QED) is 0.778. The molecule has 2 N–H and O–H groups in total. The van der Waals surface area contributed by atoms with Crippen LogP contribution in [0.2, 0.25) is 0 Å². The highest BCUT2D eigenvalue weighted by molar-refractivity contribution is 5.81. The fraction of sp³-hybridized carbons (Fsp3) is 0.294. The van der Waals surface area contributed by atoms with Crippen LogP contribution in [0.4, 0.5) is 0 Å². The Morgan fingerprint density at radius 1 is 1.23 bits per heavy atom. The van der Waals surface area contributed by atoms with Gasteiger partial charge in [0.1, 0.15) is 5.65 Å². The van der Waals surface area contributed by atoms with E-state index in [1.165, 1.54) is 4.52 Å². The standard InChI is InChI=1S/C17H19N3O2/c1-10-6-4-5-7-13(10)15-12(3)19-20-16(15)18-11(2)14(8-9-21)17(20)22/h4-7,18,21H,8-9H2,1-3H3. The molecule has 5 heteroatoms. The molecule has 0 saturated heterocycles. The molecule has 0 amide bonds. The van der Waals surface area contributed by atoms with Crippen LogP contribution in [-0.4, -0.2) is 26.3 Å². The Morgan fingerprint density at radius 3 is 2.64 bits per heavy atom. The van der Waals surface area contributed by atoms with E-state index in [2.05, 4.69) is 10.1 Å². The lowest BCUT2D eigenvalue weighted by Gasteiger charge is -2.08. The van der Waals surface area contributed by atoms with Crippen LogP contribution in [-0.2, 0) is 6.42 Å². The zero-order valence-electron chi connectivity index (χ0n) is 13.0. The Labute approximate surface area is 128 Å². The summed E-state index contributed by atoms with van der Waals surface area (Å²) in [5.41, 5.74) is 5.87. The Bertz CT molecular complexity index is 906. The smallest absolute Gasteiger partial charge is 0.277 e. The van der Waals surface area contributed by atoms with Gasteiger partial charge in [0.05, 0.1) is 5.69 Å². The highest BCUT2D eigenvalue weighted by atomic mass is 16.3. The SMILES string of the molecule is Cc1ccccc1-c1c(C)nn2c(=O)c(CCO)c(C)[nH]c12. The number of aromatic amines is 1. The van der Waals surface area contributed by atoms with Gasteiger partial charge in [0.25, 0.3) is 5.56 Å². The fourth-order valence-electron chi connectivity index (χ4n) is 2.91. The van der Waals surface area contributed by atoms with Crippen LogP contribution >= 0.6 is 0 Å². The van der Waals surface area contributed by atoms with E-state index in [0.717, 1.165) is 28.1 Å². The van der Waals surface area contributed by atoms with Crippen molar-refractivity contribution in [2.24, 2.45) is 0 Å². The average molecular weight is 297 g/mol. The van der Waals surface area contributed by atoms with Gasteiger partial charge in [0.15, 0.2) is 0 Å². The van der Waals surface area contributed by atoms with E-state index in [4.69, 9.17) is 5.11 Å². The van der Waals surface area contributed by atoms with E-state index < -0.39 is 0 Å². The molecule has 1 aromatic carbocycles. The summed E-state index contributed by atoms with van der Waals surface area (Å²) >= 11 is 0. The van der Waals surface area contributed by atoms with Crippen molar-refractivity contribution in [1.82, 2.24) is 14.6 Å². The fourth-order valence-corrected chi connectivity index (χ4v) is 2.91. The molecule has 0 spiro atoms. The first-order chi connectivity index (χ1) is 10.5. The van der Waals surface area contributed by atoms with Gasteiger partial charge in [-0.3, -0.25) is 4.79 Å². The molecular formula is C17H19N3O2. The summed E-state index contributed by atoms with van der Waals surface area (Å²) in [4.78, 5) is 15.9. The molecule has 0 aliphatic heterocycles. The molecule has 0 fully saturated rings. The largest absolute Gasteiger partial charge is 0.396 e. The molecule has 0 bridgehead atoms. The topological polar surface area (TPSA) is 70.4 Å². The third kappa shape index (κ3) is 2.14. The molecule has 114 valence electrons. The highest BCUT2D eigenvalue weighted by Crippen LogP contribution is 2.29. The van der Waals surface area contributed by atoms with Crippen LogP contribution in [0.1, 0.15) is 22.5 Å². The first-order valence-corrected chi connectivity index (χ1v) is 7.32. The van der Waals surface area contributed by atoms with E-state index in [1.807, 2.05) is 45.0 Å². The molecule has 3 aromatic rings. The highest BCUT2D eigenvalue weighted by Gasteiger charge is 2.18. The maximum atomic E-state index is 12.6. The number of benzene rings is 1. The lowest BCUT2D eigenvalue weighted by atomic mass is 10.0. The van der Waals surface area contributed by atoms with E-state index in [0.29, 0.717) is 17.6 Å². The van der Waals surface area contributed by atoms with Gasteiger partial charge < -0.3 is 10.1 Å². The van der Waals surface area contributed by atoms with Crippen molar-refractivity contribution in [3.05, 3.63) is 57.1 Å². The monoisotopic (exact) mass is 297 g/mol. The van der Waals surface area contributed by atoms with E-state index in [9.17, 15) is 4.79 Å². The number of aryl methyl sites for hydroxylation is 3. The van der Waals surface area contributed by atoms with Crippen LogP contribution in [0.3, 0.4) is 0 Å². The van der Waals surface area contributed by atoms with Crippen molar-refractivity contribution >= 4 is 5.65 Å². The predicted octanol–water partition coefficient (Wildman–Crippen LogP) is 2.15. The van der Waals surface area contributed by atoms with Crippen molar-refractivity contribution in [1.29, 1.82) is 0 Å². The Kier molecular flexibility index (Phi) is 3.58. The van der Waals surface area contributed by atoms with Crippen LogP contribution in [0.5, 0.6) is 0 Å². The lowest BCUT2D eigenvalue weighted by molar-refractivity contribution is 0.298. The zero-order valence-corrected chi connectivity index (χ0v) is 13.0. The number of rotatable bonds is 3. The average Bonchev–Trinajstić information content (AvgIpc) is 2.81. The van der Waals surface area contributed by atoms with Gasteiger partial charge >= 0.3 is 0 Å². The van der Waals surface area contributed by atoms with Crippen molar-refractivity contribution in [2.45, 2.75) is 27.2 Å². The van der Waals surface area contributed by atoms with Crippen LogP contribution in [0.15, 0.2) is 29.1 Å². The summed E-state index contributed by atoms with van der Waals surface area (Å²) in [5.74, 6) is 0. The summed E-state index contributed by atoms with van der Waals surface area (Å²) in [6, 6.07) is 8.06. The van der Waals surface area contributed by atoms with Crippen LogP contribution in [0.25, 0.3) is 16.8 Å². The summed E-state index contributed by atoms with van der Waals surface area (Å²) < 4.78 is 1.41. The van der Waals surface area contributed by atoms with Gasteiger partial charge in [-0.2, -0.15) is 9.61 Å². The van der Waals surface area contributed by atoms with Gasteiger partial charge in [0, 0.05) is 29.8 Å². The molecule has 0 saturated carbocycles. The Morgan fingerprint density at radius 2 is 1.95 bits per heavy atom. The summed E-state index contributed by atoms with van der Waals surface area (Å²) in [6.07, 6.45) is 0.329. The number of aromatic nitrogens is 3. The molecule has 5 nitrogen and oxygen atoms in total. The van der Waals surface area contributed by atoms with Crippen LogP contribution < -0.4 is 5.56 Å². The summed E-state index contributed by atoms with van der Waals surface area (Å²) in [6.45, 7) is 5.75. The van der Waals surface area contributed by atoms with Crippen molar-refractivity contribution in [2.75, 3.05) is 6.61 Å². The zero-order chi connectivity index (χ0) is 15.9. The first kappa shape index (κ1) is 14.5. The minimum Gasteiger partial charge on any atom is -0.396 e. The van der Waals surface area contributed by atoms with E-state index in [-0.39, 0.29) is 12.2 Å². The Balaban J connectivity index is 2.37. The predicted molar refractivity (Wildman–Crippen MR) is 86.2 cm³/mol. The maximum Gasteiger partial charge on any atom is 0.277 e. The molecule has 0 aliphatic carbocycles. The number of nitrogens with zero attached hydrogens (tertiary/aromatic N) is 2. The van der Waals surface area contributed by atoms with Gasteiger partial charge in [-0.1, -0.05) is 24.3 Å². The number of hydrogen-bond acceptors (Lipinski definition) is 3.